The highest BCUT2D eigenvalue weighted by Crippen LogP contribution is 2.28. The van der Waals surface area contributed by atoms with Gasteiger partial charge in [0.15, 0.2) is 0 Å². The highest BCUT2D eigenvalue weighted by Gasteiger charge is 2.27. The van der Waals surface area contributed by atoms with E-state index >= 15 is 0 Å². The van der Waals surface area contributed by atoms with Crippen molar-refractivity contribution >= 4 is 39.1 Å². The maximum atomic E-state index is 13.3. The predicted octanol–water partition coefficient (Wildman–Crippen LogP) is 4.44. The second kappa shape index (κ2) is 12.4. The van der Waals surface area contributed by atoms with E-state index in [4.69, 9.17) is 11.6 Å². The predicted molar refractivity (Wildman–Crippen MR) is 142 cm³/mol. The summed E-state index contributed by atoms with van der Waals surface area (Å²) in [7, 11) is -3.59. The molecule has 0 spiro atoms. The van der Waals surface area contributed by atoms with Crippen LogP contribution in [0.3, 0.4) is 0 Å². The highest BCUT2D eigenvalue weighted by molar-refractivity contribution is 7.92. The average molecular weight is 522 g/mol. The molecule has 0 bridgehead atoms. The molecule has 9 heteroatoms. The van der Waals surface area contributed by atoms with E-state index in [-0.39, 0.29) is 30.8 Å². The van der Waals surface area contributed by atoms with Crippen molar-refractivity contribution in [3.63, 3.8) is 0 Å². The van der Waals surface area contributed by atoms with Crippen LogP contribution in [0.2, 0.25) is 5.02 Å². The lowest BCUT2D eigenvalue weighted by Gasteiger charge is -2.30. The van der Waals surface area contributed by atoms with Gasteiger partial charge in [-0.2, -0.15) is 0 Å². The molecule has 0 saturated carbocycles. The molecule has 192 valence electrons. The Morgan fingerprint density at radius 2 is 1.69 bits per heavy atom. The molecule has 2 aromatic carbocycles. The van der Waals surface area contributed by atoms with Gasteiger partial charge in [0.05, 0.1) is 11.9 Å². The molecule has 1 N–H and O–H groups in total. The van der Waals surface area contributed by atoms with E-state index in [1.807, 2.05) is 45.0 Å². The van der Waals surface area contributed by atoms with Crippen LogP contribution in [-0.2, 0) is 26.2 Å². The first-order valence-corrected chi connectivity index (χ1v) is 13.9. The maximum Gasteiger partial charge on any atom is 0.242 e. The summed E-state index contributed by atoms with van der Waals surface area (Å²) in [5, 5.41) is 3.35. The van der Waals surface area contributed by atoms with Crippen molar-refractivity contribution in [3.8, 4) is 0 Å². The zero-order valence-electron chi connectivity index (χ0n) is 21.3. The van der Waals surface area contributed by atoms with E-state index in [2.05, 4.69) is 5.32 Å². The third-order valence-electron chi connectivity index (χ3n) is 5.86. The van der Waals surface area contributed by atoms with Gasteiger partial charge in [0, 0.05) is 30.6 Å². The molecule has 7 nitrogen and oxygen atoms in total. The van der Waals surface area contributed by atoms with Gasteiger partial charge in [-0.05, 0) is 69.9 Å². The average Bonchev–Trinajstić information content (AvgIpc) is 2.76. The number of amides is 2. The summed E-state index contributed by atoms with van der Waals surface area (Å²) in [5.74, 6) is -0.440. The minimum Gasteiger partial charge on any atom is -0.352 e. The number of carbonyl (C=O) groups is 2. The number of hydrogen-bond acceptors (Lipinski definition) is 4. The maximum absolute atomic E-state index is 13.3. The van der Waals surface area contributed by atoms with Gasteiger partial charge >= 0.3 is 0 Å². The lowest BCUT2D eigenvalue weighted by Crippen LogP contribution is -2.49. The second-order valence-corrected chi connectivity index (χ2v) is 11.4. The number of sulfonamides is 1. The molecular formula is C26H36ClN3O4S. The number of hydrogen-bond donors (Lipinski definition) is 1. The van der Waals surface area contributed by atoms with Crippen LogP contribution in [0.5, 0.6) is 0 Å². The van der Waals surface area contributed by atoms with Crippen molar-refractivity contribution in [3.05, 3.63) is 64.2 Å². The molecule has 2 rings (SSSR count). The molecule has 0 aliphatic rings. The summed E-state index contributed by atoms with van der Waals surface area (Å²) in [6.45, 7) is 9.60. The van der Waals surface area contributed by atoms with E-state index in [9.17, 15) is 18.0 Å². The van der Waals surface area contributed by atoms with Crippen molar-refractivity contribution in [2.24, 2.45) is 0 Å². The third kappa shape index (κ3) is 7.97. The van der Waals surface area contributed by atoms with E-state index in [1.165, 1.54) is 4.31 Å². The van der Waals surface area contributed by atoms with Gasteiger partial charge < -0.3 is 10.2 Å². The van der Waals surface area contributed by atoms with E-state index in [0.717, 1.165) is 17.4 Å². The first kappa shape index (κ1) is 28.7. The molecule has 35 heavy (non-hydrogen) atoms. The van der Waals surface area contributed by atoms with Crippen molar-refractivity contribution < 1.29 is 18.0 Å². The van der Waals surface area contributed by atoms with Gasteiger partial charge in [-0.1, -0.05) is 41.9 Å². The van der Waals surface area contributed by atoms with Crippen LogP contribution in [0, 0.1) is 13.8 Å². The summed E-state index contributed by atoms with van der Waals surface area (Å²) in [6, 6.07) is 12.1. The van der Waals surface area contributed by atoms with Crippen LogP contribution in [0.15, 0.2) is 42.5 Å². The molecule has 2 amide bonds. The molecule has 2 aromatic rings. The van der Waals surface area contributed by atoms with Crippen LogP contribution in [0.1, 0.15) is 50.3 Å². The fourth-order valence-electron chi connectivity index (χ4n) is 3.81. The quantitative estimate of drug-likeness (QED) is 0.473. The van der Waals surface area contributed by atoms with Gasteiger partial charge in [-0.15, -0.1) is 0 Å². The third-order valence-corrected chi connectivity index (χ3v) is 7.45. The number of nitrogens with zero attached hydrogens (tertiary/aromatic N) is 2. The summed E-state index contributed by atoms with van der Waals surface area (Å²) >= 11 is 6.20. The normalized spacial score (nSPS) is 12.3. The van der Waals surface area contributed by atoms with Gasteiger partial charge in [-0.25, -0.2) is 8.42 Å². The Labute approximate surface area is 214 Å². The van der Waals surface area contributed by atoms with Crippen molar-refractivity contribution in [1.82, 2.24) is 10.2 Å². The van der Waals surface area contributed by atoms with Crippen molar-refractivity contribution in [2.45, 2.75) is 66.1 Å². The van der Waals surface area contributed by atoms with Gasteiger partial charge in [0.1, 0.15) is 6.04 Å². The van der Waals surface area contributed by atoms with Crippen LogP contribution in [0.25, 0.3) is 0 Å². The monoisotopic (exact) mass is 521 g/mol. The Kier molecular flexibility index (Phi) is 10.2. The van der Waals surface area contributed by atoms with Crippen LogP contribution >= 0.6 is 11.6 Å². The standard InChI is InChI=1S/C26H36ClN3O4S/c1-18(2)28-26(32)21(5)29(17-22-12-8-7-11-19(22)3)25(31)15-10-16-30(35(6,33)34)24-14-9-13-23(27)20(24)4/h7-9,11-14,18,21H,10,15-17H2,1-6H3,(H,28,32)/t21-/m1/s1. The minimum absolute atomic E-state index is 0.0513. The SMILES string of the molecule is Cc1ccccc1CN(C(=O)CCCN(c1cccc(Cl)c1C)S(C)(=O)=O)[C@H](C)C(=O)NC(C)C. The summed E-state index contributed by atoms with van der Waals surface area (Å²) in [5.41, 5.74) is 3.14. The smallest absolute Gasteiger partial charge is 0.242 e. The summed E-state index contributed by atoms with van der Waals surface area (Å²) < 4.78 is 26.3. The van der Waals surface area contributed by atoms with Crippen molar-refractivity contribution in [2.75, 3.05) is 17.1 Å². The van der Waals surface area contributed by atoms with Crippen LogP contribution in [0.4, 0.5) is 5.69 Å². The van der Waals surface area contributed by atoms with Crippen molar-refractivity contribution in [1.29, 1.82) is 0 Å². The fraction of sp³-hybridized carbons (Fsp3) is 0.462. The molecule has 0 heterocycles. The molecule has 0 aliphatic carbocycles. The number of aryl methyl sites for hydroxylation is 1. The molecule has 0 unspecified atom stereocenters. The summed E-state index contributed by atoms with van der Waals surface area (Å²) in [6.07, 6.45) is 1.52. The number of anilines is 1. The Morgan fingerprint density at radius 3 is 2.29 bits per heavy atom. The fourth-order valence-corrected chi connectivity index (χ4v) is 4.99. The molecule has 0 aliphatic heterocycles. The van der Waals surface area contributed by atoms with Crippen LogP contribution in [-0.4, -0.2) is 50.0 Å². The lowest BCUT2D eigenvalue weighted by molar-refractivity contribution is -0.140. The topological polar surface area (TPSA) is 86.8 Å². The van der Waals surface area contributed by atoms with E-state index in [0.29, 0.717) is 29.2 Å². The number of carbonyl (C=O) groups excluding carboxylic acids is 2. The Bertz CT molecular complexity index is 1150. The highest BCUT2D eigenvalue weighted by atomic mass is 35.5. The van der Waals surface area contributed by atoms with Gasteiger partial charge in [0.2, 0.25) is 21.8 Å². The van der Waals surface area contributed by atoms with Crippen LogP contribution < -0.4 is 9.62 Å². The molecule has 0 radical (unpaired) electrons. The molecule has 0 saturated heterocycles. The Morgan fingerprint density at radius 1 is 1.03 bits per heavy atom. The van der Waals surface area contributed by atoms with E-state index < -0.39 is 16.1 Å². The first-order valence-electron chi connectivity index (χ1n) is 11.7. The number of nitrogens with one attached hydrogen (secondary N) is 1. The number of benzene rings is 2. The van der Waals surface area contributed by atoms with Gasteiger partial charge in [-0.3, -0.25) is 13.9 Å². The Balaban J connectivity index is 2.22. The number of halogens is 1. The molecule has 0 aromatic heterocycles. The summed E-state index contributed by atoms with van der Waals surface area (Å²) in [4.78, 5) is 27.6. The van der Waals surface area contributed by atoms with E-state index in [1.54, 1.807) is 36.9 Å². The lowest BCUT2D eigenvalue weighted by atomic mass is 10.1. The first-order chi connectivity index (χ1) is 16.3. The van der Waals surface area contributed by atoms with Gasteiger partial charge in [0.25, 0.3) is 0 Å². The second-order valence-electron chi connectivity index (χ2n) is 9.11. The largest absolute Gasteiger partial charge is 0.352 e. The zero-order valence-corrected chi connectivity index (χ0v) is 22.9. The molecular weight excluding hydrogens is 486 g/mol. The Hall–Kier alpha value is -2.58. The molecule has 0 fully saturated rings. The molecule has 1 atom stereocenters. The number of rotatable bonds is 11. The zero-order chi connectivity index (χ0) is 26.3. The minimum atomic E-state index is -3.59.